The summed E-state index contributed by atoms with van der Waals surface area (Å²) in [5, 5.41) is 0.569. The lowest BCUT2D eigenvalue weighted by Crippen LogP contribution is -2.50. The van der Waals surface area contributed by atoms with Gasteiger partial charge in [0, 0.05) is 36.6 Å². The number of anilines is 3. The van der Waals surface area contributed by atoms with Crippen molar-refractivity contribution >= 4 is 34.8 Å². The van der Waals surface area contributed by atoms with Crippen LogP contribution < -0.4 is 9.80 Å². The Morgan fingerprint density at radius 1 is 1.13 bits per heavy atom. The highest BCUT2D eigenvalue weighted by atomic mass is 35.5. The maximum absolute atomic E-state index is 13.5. The molecule has 2 aliphatic heterocycles. The minimum atomic E-state index is -0.0700. The highest BCUT2D eigenvalue weighted by molar-refractivity contribution is 6.34. The second-order valence-corrected chi connectivity index (χ2v) is 9.34. The molecule has 5 nitrogen and oxygen atoms in total. The van der Waals surface area contributed by atoms with Crippen molar-refractivity contribution in [3.63, 3.8) is 0 Å². The van der Waals surface area contributed by atoms with Gasteiger partial charge in [0.15, 0.2) is 0 Å². The molecule has 2 aromatic rings. The third-order valence-electron chi connectivity index (χ3n) is 6.63. The van der Waals surface area contributed by atoms with Crippen LogP contribution in [-0.2, 0) is 0 Å². The molecule has 4 rings (SSSR count). The molecular formula is C25H33ClN4O. The number of urea groups is 1. The van der Waals surface area contributed by atoms with Gasteiger partial charge in [-0.15, -0.1) is 0 Å². The van der Waals surface area contributed by atoms with Crippen LogP contribution in [0.4, 0.5) is 22.0 Å². The van der Waals surface area contributed by atoms with Crippen molar-refractivity contribution in [2.24, 2.45) is 0 Å². The lowest BCUT2D eigenvalue weighted by molar-refractivity contribution is 0.189. The molecule has 1 unspecified atom stereocenters. The summed E-state index contributed by atoms with van der Waals surface area (Å²) < 4.78 is 0. The van der Waals surface area contributed by atoms with Gasteiger partial charge in [0.25, 0.3) is 0 Å². The molecular weight excluding hydrogens is 408 g/mol. The number of carbonyl (C=O) groups excluding carboxylic acids is 1. The predicted molar refractivity (Wildman–Crippen MR) is 129 cm³/mol. The second-order valence-electron chi connectivity index (χ2n) is 8.93. The van der Waals surface area contributed by atoms with E-state index in [9.17, 15) is 4.79 Å². The molecule has 0 fully saturated rings. The standard InChI is InChI=1S/C25H33ClN4O/c1-6-8-18(9-7-2)29-13-12-21-23-22(29)15-17(4)27-24(23)30(25(31)28(21)5)20-11-10-16(3)14-19(20)26/h10-11,14-15,18,21H,6-9,12-13H2,1-5H3. The van der Waals surface area contributed by atoms with Crippen LogP contribution in [0.1, 0.15) is 68.8 Å². The van der Waals surface area contributed by atoms with Crippen LogP contribution in [0.25, 0.3) is 0 Å². The Morgan fingerprint density at radius 2 is 1.84 bits per heavy atom. The molecule has 6 heteroatoms. The van der Waals surface area contributed by atoms with Crippen LogP contribution in [0.15, 0.2) is 24.3 Å². The molecule has 0 aliphatic carbocycles. The predicted octanol–water partition coefficient (Wildman–Crippen LogP) is 6.78. The maximum atomic E-state index is 13.5. The summed E-state index contributed by atoms with van der Waals surface area (Å²) in [5.74, 6) is 0.741. The number of hydrogen-bond donors (Lipinski definition) is 0. The van der Waals surface area contributed by atoms with Crippen molar-refractivity contribution in [1.82, 2.24) is 9.88 Å². The van der Waals surface area contributed by atoms with Gasteiger partial charge in [-0.3, -0.25) is 0 Å². The number of aryl methyl sites for hydroxylation is 2. The van der Waals surface area contributed by atoms with E-state index in [4.69, 9.17) is 16.6 Å². The van der Waals surface area contributed by atoms with E-state index in [-0.39, 0.29) is 12.1 Å². The van der Waals surface area contributed by atoms with E-state index in [2.05, 4.69) is 24.8 Å². The number of amides is 2. The van der Waals surface area contributed by atoms with Gasteiger partial charge in [-0.05, 0) is 56.9 Å². The molecule has 3 heterocycles. The van der Waals surface area contributed by atoms with Gasteiger partial charge in [-0.1, -0.05) is 44.4 Å². The largest absolute Gasteiger partial charge is 0.368 e. The average molecular weight is 441 g/mol. The Morgan fingerprint density at radius 3 is 2.48 bits per heavy atom. The number of aromatic nitrogens is 1. The first kappa shape index (κ1) is 21.9. The Balaban J connectivity index is 1.90. The third kappa shape index (κ3) is 3.78. The summed E-state index contributed by atoms with van der Waals surface area (Å²) in [4.78, 5) is 24.5. The fourth-order valence-corrected chi connectivity index (χ4v) is 5.50. The molecule has 0 bridgehead atoms. The van der Waals surface area contributed by atoms with E-state index in [0.717, 1.165) is 35.6 Å². The zero-order chi connectivity index (χ0) is 22.3. The molecule has 0 radical (unpaired) electrons. The van der Waals surface area contributed by atoms with Crippen molar-refractivity contribution in [3.8, 4) is 0 Å². The topological polar surface area (TPSA) is 39.7 Å². The molecule has 2 aliphatic rings. The van der Waals surface area contributed by atoms with Crippen LogP contribution in [0.5, 0.6) is 0 Å². The molecule has 1 aromatic heterocycles. The number of nitrogens with zero attached hydrogens (tertiary/aromatic N) is 4. The lowest BCUT2D eigenvalue weighted by Gasteiger charge is -2.48. The molecule has 2 amide bonds. The van der Waals surface area contributed by atoms with E-state index >= 15 is 0 Å². The van der Waals surface area contributed by atoms with Crippen molar-refractivity contribution < 1.29 is 4.79 Å². The van der Waals surface area contributed by atoms with Crippen LogP contribution >= 0.6 is 11.6 Å². The van der Waals surface area contributed by atoms with Gasteiger partial charge in [0.1, 0.15) is 5.82 Å². The van der Waals surface area contributed by atoms with Crippen molar-refractivity contribution in [2.45, 2.75) is 71.9 Å². The number of rotatable bonds is 6. The van der Waals surface area contributed by atoms with Crippen LogP contribution in [0.3, 0.4) is 0 Å². The minimum absolute atomic E-state index is 0.0474. The van der Waals surface area contributed by atoms with Gasteiger partial charge < -0.3 is 9.80 Å². The Labute approximate surface area is 191 Å². The zero-order valence-corrected chi connectivity index (χ0v) is 20.0. The molecule has 1 atom stereocenters. The van der Waals surface area contributed by atoms with Gasteiger partial charge in [-0.25, -0.2) is 14.7 Å². The average Bonchev–Trinajstić information content (AvgIpc) is 2.73. The number of hydrogen-bond acceptors (Lipinski definition) is 3. The van der Waals surface area contributed by atoms with Gasteiger partial charge in [0.2, 0.25) is 0 Å². The number of benzene rings is 1. The summed E-state index contributed by atoms with van der Waals surface area (Å²) in [6, 6.07) is 8.53. The molecule has 0 N–H and O–H groups in total. The summed E-state index contributed by atoms with van der Waals surface area (Å²) in [5.41, 5.74) is 5.08. The fraction of sp³-hybridized carbons (Fsp3) is 0.520. The number of pyridine rings is 1. The molecule has 0 saturated carbocycles. The monoisotopic (exact) mass is 440 g/mol. The molecule has 31 heavy (non-hydrogen) atoms. The van der Waals surface area contributed by atoms with E-state index in [1.54, 1.807) is 4.90 Å². The third-order valence-corrected chi connectivity index (χ3v) is 6.93. The molecule has 1 aromatic carbocycles. The highest BCUT2D eigenvalue weighted by Crippen LogP contribution is 2.49. The number of carbonyl (C=O) groups is 1. The SMILES string of the molecule is CCCC(CCC)N1CCC2c3c1cc(C)nc3N(c1ccc(C)cc1Cl)C(=O)N2C. The summed E-state index contributed by atoms with van der Waals surface area (Å²) >= 11 is 6.62. The van der Waals surface area contributed by atoms with E-state index < -0.39 is 0 Å². The Hall–Kier alpha value is -2.27. The zero-order valence-electron chi connectivity index (χ0n) is 19.3. The van der Waals surface area contributed by atoms with E-state index in [1.165, 1.54) is 31.4 Å². The van der Waals surface area contributed by atoms with Crippen LogP contribution in [0.2, 0.25) is 5.02 Å². The maximum Gasteiger partial charge on any atom is 0.330 e. The Kier molecular flexibility index (Phi) is 6.16. The highest BCUT2D eigenvalue weighted by Gasteiger charge is 2.43. The van der Waals surface area contributed by atoms with E-state index in [0.29, 0.717) is 16.8 Å². The van der Waals surface area contributed by atoms with Crippen LogP contribution in [0, 0.1) is 13.8 Å². The summed E-state index contributed by atoms with van der Waals surface area (Å²) in [6.07, 6.45) is 5.61. The van der Waals surface area contributed by atoms with E-state index in [1.807, 2.05) is 44.0 Å². The second kappa shape index (κ2) is 8.70. The summed E-state index contributed by atoms with van der Waals surface area (Å²) in [7, 11) is 1.90. The molecule has 166 valence electrons. The van der Waals surface area contributed by atoms with Gasteiger partial charge >= 0.3 is 6.03 Å². The lowest BCUT2D eigenvalue weighted by atomic mass is 9.90. The first-order chi connectivity index (χ1) is 14.9. The quantitative estimate of drug-likeness (QED) is 0.497. The first-order valence-electron chi connectivity index (χ1n) is 11.5. The van der Waals surface area contributed by atoms with Crippen molar-refractivity contribution in [2.75, 3.05) is 23.4 Å². The summed E-state index contributed by atoms with van der Waals surface area (Å²) in [6.45, 7) is 9.51. The van der Waals surface area contributed by atoms with Crippen molar-refractivity contribution in [3.05, 3.63) is 46.1 Å². The fourth-order valence-electron chi connectivity index (χ4n) is 5.18. The smallest absolute Gasteiger partial charge is 0.330 e. The molecule has 0 saturated heterocycles. The van der Waals surface area contributed by atoms with Crippen molar-refractivity contribution in [1.29, 1.82) is 0 Å². The van der Waals surface area contributed by atoms with Crippen LogP contribution in [-0.4, -0.2) is 35.5 Å². The molecule has 0 spiro atoms. The van der Waals surface area contributed by atoms with Gasteiger partial charge in [-0.2, -0.15) is 0 Å². The normalized spacial score (nSPS) is 18.1. The Bertz CT molecular complexity index is 986. The van der Waals surface area contributed by atoms with Gasteiger partial charge in [0.05, 0.1) is 16.8 Å². The number of halogens is 1. The first-order valence-corrected chi connectivity index (χ1v) is 11.9. The minimum Gasteiger partial charge on any atom is -0.368 e.